The minimum atomic E-state index is 0. The van der Waals surface area contributed by atoms with Gasteiger partial charge in [0.2, 0.25) is 0 Å². The summed E-state index contributed by atoms with van der Waals surface area (Å²) >= 11 is 0. The molecule has 2 nitrogen and oxygen atoms in total. The van der Waals surface area contributed by atoms with Gasteiger partial charge in [0.15, 0.2) is 0 Å². The molecule has 0 aliphatic heterocycles. The van der Waals surface area contributed by atoms with Crippen molar-refractivity contribution in [1.29, 1.82) is 0 Å². The van der Waals surface area contributed by atoms with Crippen molar-refractivity contribution in [2.45, 2.75) is 0 Å². The summed E-state index contributed by atoms with van der Waals surface area (Å²) in [4.78, 5) is 0. The molecule has 0 rings (SSSR count). The summed E-state index contributed by atoms with van der Waals surface area (Å²) in [5, 5.41) is 0. The third kappa shape index (κ3) is 11.7. The van der Waals surface area contributed by atoms with Gasteiger partial charge in [0.25, 0.3) is 0 Å². The Kier molecular flexibility index (Phi) is 662. The molecule has 4 heteroatoms. The van der Waals surface area contributed by atoms with Gasteiger partial charge in [-0.1, -0.05) is 0 Å². The standard InChI is InChI=1S/Mg.H2O.O.H2S/h;1H2;;1H2/q+2;;-2;. The van der Waals surface area contributed by atoms with Crippen molar-refractivity contribution in [2.75, 3.05) is 0 Å². The molecule has 0 radical (unpaired) electrons. The van der Waals surface area contributed by atoms with E-state index in [0.717, 1.165) is 0 Å². The molecule has 4 heavy (non-hydrogen) atoms. The summed E-state index contributed by atoms with van der Waals surface area (Å²) in [6.07, 6.45) is 0. The predicted octanol–water partition coefficient (Wildman–Crippen LogP) is -1.21. The van der Waals surface area contributed by atoms with Gasteiger partial charge in [-0.25, -0.2) is 0 Å². The van der Waals surface area contributed by atoms with Crippen LogP contribution in [-0.2, 0) is 5.48 Å². The van der Waals surface area contributed by atoms with Crippen LogP contribution in [0.4, 0.5) is 0 Å². The van der Waals surface area contributed by atoms with Crippen LogP contribution in [-0.4, -0.2) is 28.5 Å². The minimum Gasteiger partial charge on any atom is -2.00 e. The fourth-order valence-electron chi connectivity index (χ4n) is 0. The average molecular weight is 92.4 g/mol. The molecule has 24 valence electrons. The zero-order chi connectivity index (χ0) is 0. The smallest absolute Gasteiger partial charge is 2.00 e. The normalized spacial score (nSPS) is 0. The molecule has 2 N–H and O–H groups in total. The van der Waals surface area contributed by atoms with Gasteiger partial charge in [0, 0.05) is 0 Å². The van der Waals surface area contributed by atoms with E-state index in [-0.39, 0.29) is 47.5 Å². The second-order valence-electron chi connectivity index (χ2n) is 0. The first-order valence-electron chi connectivity index (χ1n) is 0. The Balaban J connectivity index is 0. The molecule has 0 aliphatic rings. The Morgan fingerprint density at radius 3 is 1.00 bits per heavy atom. The van der Waals surface area contributed by atoms with E-state index in [1.807, 2.05) is 0 Å². The first kappa shape index (κ1) is 76.4. The Hall–Kier alpha value is 1.04. The predicted molar refractivity (Wildman–Crippen MR) is 20.4 cm³/mol. The molecular formula is H4MgO2S. The molecule has 0 saturated heterocycles. The number of hydrogen-bond donors (Lipinski definition) is 0. The van der Waals surface area contributed by atoms with Crippen LogP contribution in [0.25, 0.3) is 0 Å². The van der Waals surface area contributed by atoms with Crippen molar-refractivity contribution in [3.8, 4) is 0 Å². The van der Waals surface area contributed by atoms with Crippen molar-refractivity contribution < 1.29 is 11.0 Å². The van der Waals surface area contributed by atoms with Crippen LogP contribution in [0.5, 0.6) is 0 Å². The average Bonchev–Trinajstić information content (AvgIpc) is 0. The van der Waals surface area contributed by atoms with E-state index in [4.69, 9.17) is 0 Å². The van der Waals surface area contributed by atoms with Crippen molar-refractivity contribution in [2.24, 2.45) is 0 Å². The van der Waals surface area contributed by atoms with Gasteiger partial charge in [-0.3, -0.25) is 0 Å². The molecule has 0 aromatic carbocycles. The summed E-state index contributed by atoms with van der Waals surface area (Å²) in [5.41, 5.74) is 0. The van der Waals surface area contributed by atoms with Gasteiger partial charge < -0.3 is 11.0 Å². The molecular weight excluding hydrogens is 88.4 g/mol. The molecule has 0 unspecified atom stereocenters. The SMILES string of the molecule is O.S.[Mg+2].[O-2]. The fourth-order valence-corrected chi connectivity index (χ4v) is 0. The van der Waals surface area contributed by atoms with Gasteiger partial charge in [-0.2, -0.15) is 13.5 Å². The summed E-state index contributed by atoms with van der Waals surface area (Å²) < 4.78 is 0. The monoisotopic (exact) mass is 92.0 g/mol. The topological polar surface area (TPSA) is 60.0 Å². The summed E-state index contributed by atoms with van der Waals surface area (Å²) in [5.74, 6) is 0. The quantitative estimate of drug-likeness (QED) is 0.337. The van der Waals surface area contributed by atoms with Crippen LogP contribution in [0.3, 0.4) is 0 Å². The second kappa shape index (κ2) is 34.7. The molecule has 0 atom stereocenters. The molecule has 0 amide bonds. The zero-order valence-electron chi connectivity index (χ0n) is 2.12. The van der Waals surface area contributed by atoms with E-state index in [0.29, 0.717) is 0 Å². The maximum atomic E-state index is 0. The van der Waals surface area contributed by atoms with Crippen LogP contribution >= 0.6 is 13.5 Å². The fraction of sp³-hybridized carbons (Fsp3) is 0. The largest absolute Gasteiger partial charge is 2.00 e. The van der Waals surface area contributed by atoms with Gasteiger partial charge in [0.1, 0.15) is 0 Å². The molecule has 0 aliphatic carbocycles. The van der Waals surface area contributed by atoms with E-state index in [2.05, 4.69) is 0 Å². The first-order chi connectivity index (χ1) is 0. The molecule has 0 saturated carbocycles. The van der Waals surface area contributed by atoms with Crippen LogP contribution in [0, 0.1) is 0 Å². The summed E-state index contributed by atoms with van der Waals surface area (Å²) in [7, 11) is 0. The van der Waals surface area contributed by atoms with Crippen molar-refractivity contribution in [3.63, 3.8) is 0 Å². The van der Waals surface area contributed by atoms with Crippen LogP contribution in [0.1, 0.15) is 0 Å². The number of rotatable bonds is 0. The van der Waals surface area contributed by atoms with E-state index in [1.54, 1.807) is 0 Å². The molecule has 0 spiro atoms. The van der Waals surface area contributed by atoms with E-state index in [1.165, 1.54) is 0 Å². The Labute approximate surface area is 47.8 Å². The van der Waals surface area contributed by atoms with Gasteiger partial charge in [0.05, 0.1) is 0 Å². The Morgan fingerprint density at radius 1 is 1.00 bits per heavy atom. The van der Waals surface area contributed by atoms with Crippen molar-refractivity contribution in [1.82, 2.24) is 0 Å². The van der Waals surface area contributed by atoms with Gasteiger partial charge >= 0.3 is 23.1 Å². The Morgan fingerprint density at radius 2 is 1.00 bits per heavy atom. The van der Waals surface area contributed by atoms with E-state index < -0.39 is 0 Å². The summed E-state index contributed by atoms with van der Waals surface area (Å²) in [6.45, 7) is 0. The van der Waals surface area contributed by atoms with E-state index >= 15 is 0 Å². The van der Waals surface area contributed by atoms with Gasteiger partial charge in [-0.05, 0) is 0 Å². The Bertz CT molecular complexity index is 6.00. The van der Waals surface area contributed by atoms with Crippen LogP contribution < -0.4 is 0 Å². The third-order valence-corrected chi connectivity index (χ3v) is 0. The maximum absolute atomic E-state index is 0. The van der Waals surface area contributed by atoms with Crippen LogP contribution in [0.15, 0.2) is 0 Å². The van der Waals surface area contributed by atoms with Gasteiger partial charge in [-0.15, -0.1) is 0 Å². The molecule has 0 aromatic heterocycles. The molecule has 0 heterocycles. The maximum Gasteiger partial charge on any atom is 2.00 e. The van der Waals surface area contributed by atoms with Crippen molar-refractivity contribution in [3.05, 3.63) is 0 Å². The first-order valence-corrected chi connectivity index (χ1v) is 0. The second-order valence-corrected chi connectivity index (χ2v) is 0. The zero-order valence-corrected chi connectivity index (χ0v) is 4.53. The molecule has 0 aromatic rings. The van der Waals surface area contributed by atoms with Crippen molar-refractivity contribution >= 4 is 36.5 Å². The summed E-state index contributed by atoms with van der Waals surface area (Å²) in [6, 6.07) is 0. The molecule has 0 fully saturated rings. The van der Waals surface area contributed by atoms with E-state index in [9.17, 15) is 0 Å². The number of hydrogen-bond acceptors (Lipinski definition) is 0. The molecule has 0 bridgehead atoms. The van der Waals surface area contributed by atoms with Crippen LogP contribution in [0.2, 0.25) is 0 Å². The minimum absolute atomic E-state index is 0. The third-order valence-electron chi connectivity index (χ3n) is 0.